The second-order valence-corrected chi connectivity index (χ2v) is 3.56. The molecule has 0 aliphatic carbocycles. The van der Waals surface area contributed by atoms with Crippen LogP contribution < -0.4 is 0 Å². The lowest BCUT2D eigenvalue weighted by Gasteiger charge is -2.07. The van der Waals surface area contributed by atoms with Crippen molar-refractivity contribution >= 4 is 28.9 Å². The molecule has 0 spiro atoms. The number of alkyl halides is 2. The maximum atomic E-state index is 12.6. The minimum Gasteiger partial charge on any atom is -0.477 e. The monoisotopic (exact) mass is 212 g/mol. The molecule has 0 unspecified atom stereocenters. The van der Waals surface area contributed by atoms with Crippen molar-refractivity contribution in [2.45, 2.75) is 5.92 Å². The normalized spacial score (nSPS) is 11.6. The van der Waals surface area contributed by atoms with Crippen LogP contribution in [0.3, 0.4) is 0 Å². The molecule has 0 fully saturated rings. The molecule has 1 rings (SSSR count). The molecule has 0 aliphatic heterocycles. The molecule has 1 aromatic rings. The fourth-order valence-corrected chi connectivity index (χ4v) is 1.50. The van der Waals surface area contributed by atoms with E-state index in [1.54, 1.807) is 0 Å². The van der Waals surface area contributed by atoms with Gasteiger partial charge in [0.05, 0.1) is 4.34 Å². The number of halogens is 3. The zero-order chi connectivity index (χ0) is 9.35. The lowest BCUT2D eigenvalue weighted by molar-refractivity contribution is -0.166. The third-order valence-corrected chi connectivity index (χ3v) is 2.29. The minimum absolute atomic E-state index is 0.144. The molecule has 0 saturated heterocycles. The number of rotatable bonds is 2. The quantitative estimate of drug-likeness (QED) is 0.818. The summed E-state index contributed by atoms with van der Waals surface area (Å²) in [6, 6.07) is 0.945. The summed E-state index contributed by atoms with van der Waals surface area (Å²) in [5.41, 5.74) is -0.579. The summed E-state index contributed by atoms with van der Waals surface area (Å²) in [4.78, 5) is 10.0. The van der Waals surface area contributed by atoms with Gasteiger partial charge in [-0.15, -0.1) is 11.3 Å². The van der Waals surface area contributed by atoms with E-state index in [4.69, 9.17) is 16.7 Å². The summed E-state index contributed by atoms with van der Waals surface area (Å²) >= 11 is 6.23. The van der Waals surface area contributed by atoms with E-state index in [9.17, 15) is 13.6 Å². The minimum atomic E-state index is -3.84. The maximum absolute atomic E-state index is 12.6. The van der Waals surface area contributed by atoms with Crippen molar-refractivity contribution < 1.29 is 18.7 Å². The van der Waals surface area contributed by atoms with Crippen molar-refractivity contribution in [2.75, 3.05) is 0 Å². The van der Waals surface area contributed by atoms with Crippen molar-refractivity contribution in [3.05, 3.63) is 21.3 Å². The Bertz CT molecular complexity index is 310. The second kappa shape index (κ2) is 2.99. The molecule has 2 nitrogen and oxygen atoms in total. The van der Waals surface area contributed by atoms with E-state index in [2.05, 4.69) is 0 Å². The van der Waals surface area contributed by atoms with Gasteiger partial charge in [-0.3, -0.25) is 0 Å². The number of aliphatic carboxylic acids is 1. The first-order valence-electron chi connectivity index (χ1n) is 2.80. The number of hydrogen-bond acceptors (Lipinski definition) is 2. The Kier molecular flexibility index (Phi) is 2.34. The third-order valence-electron chi connectivity index (χ3n) is 1.20. The first-order valence-corrected chi connectivity index (χ1v) is 4.06. The summed E-state index contributed by atoms with van der Waals surface area (Å²) in [5.74, 6) is -6.01. The van der Waals surface area contributed by atoms with Crippen LogP contribution in [0, 0.1) is 0 Å². The van der Waals surface area contributed by atoms with Gasteiger partial charge in [0.1, 0.15) is 0 Å². The highest BCUT2D eigenvalue weighted by Crippen LogP contribution is 2.33. The van der Waals surface area contributed by atoms with Gasteiger partial charge in [0.15, 0.2) is 0 Å². The van der Waals surface area contributed by atoms with Gasteiger partial charge in [-0.25, -0.2) is 4.79 Å². The number of carboxylic acid groups (broad SMARTS) is 1. The summed E-state index contributed by atoms with van der Waals surface area (Å²) in [7, 11) is 0. The van der Waals surface area contributed by atoms with Crippen LogP contribution in [-0.2, 0) is 10.7 Å². The lowest BCUT2D eigenvalue weighted by atomic mass is 10.2. The second-order valence-electron chi connectivity index (χ2n) is 2.02. The van der Waals surface area contributed by atoms with Crippen LogP contribution in [0.1, 0.15) is 5.56 Å². The number of carbonyl (C=O) groups is 1. The van der Waals surface area contributed by atoms with E-state index in [0.717, 1.165) is 22.8 Å². The number of hydrogen-bond donors (Lipinski definition) is 1. The Labute approximate surface area is 75.4 Å². The topological polar surface area (TPSA) is 37.3 Å². The van der Waals surface area contributed by atoms with E-state index >= 15 is 0 Å². The van der Waals surface area contributed by atoms with Crippen LogP contribution in [-0.4, -0.2) is 11.1 Å². The van der Waals surface area contributed by atoms with Gasteiger partial charge in [0.2, 0.25) is 0 Å². The highest BCUT2D eigenvalue weighted by molar-refractivity contribution is 7.14. The van der Waals surface area contributed by atoms with Crippen LogP contribution in [0.5, 0.6) is 0 Å². The molecular formula is C6H3ClF2O2S. The SMILES string of the molecule is O=C(O)C(F)(F)c1csc(Cl)c1. The van der Waals surface area contributed by atoms with Crippen molar-refractivity contribution in [2.24, 2.45) is 0 Å². The van der Waals surface area contributed by atoms with Crippen LogP contribution >= 0.6 is 22.9 Å². The average molecular weight is 213 g/mol. The van der Waals surface area contributed by atoms with Gasteiger partial charge in [-0.1, -0.05) is 11.6 Å². The molecule has 1 heterocycles. The highest BCUT2D eigenvalue weighted by Gasteiger charge is 2.41. The first-order chi connectivity index (χ1) is 5.44. The molecule has 0 bridgehead atoms. The Balaban J connectivity index is 3.05. The molecule has 0 aromatic carbocycles. The van der Waals surface area contributed by atoms with Gasteiger partial charge in [-0.05, 0) is 6.07 Å². The zero-order valence-corrected chi connectivity index (χ0v) is 7.12. The van der Waals surface area contributed by atoms with E-state index in [1.165, 1.54) is 0 Å². The molecule has 12 heavy (non-hydrogen) atoms. The summed E-state index contributed by atoms with van der Waals surface area (Å²) < 4.78 is 25.4. The molecule has 1 N–H and O–H groups in total. The van der Waals surface area contributed by atoms with E-state index in [-0.39, 0.29) is 4.34 Å². The van der Waals surface area contributed by atoms with E-state index in [1.807, 2.05) is 0 Å². The number of carboxylic acids is 1. The van der Waals surface area contributed by atoms with Gasteiger partial charge < -0.3 is 5.11 Å². The smallest absolute Gasteiger partial charge is 0.379 e. The van der Waals surface area contributed by atoms with Gasteiger partial charge in [0, 0.05) is 10.9 Å². The molecule has 1 aromatic heterocycles. The van der Waals surface area contributed by atoms with Crippen molar-refractivity contribution in [1.29, 1.82) is 0 Å². The Morgan fingerprint density at radius 3 is 2.58 bits per heavy atom. The lowest BCUT2D eigenvalue weighted by Crippen LogP contribution is -2.24. The third kappa shape index (κ3) is 1.56. The van der Waals surface area contributed by atoms with Gasteiger partial charge in [-0.2, -0.15) is 8.78 Å². The van der Waals surface area contributed by atoms with Gasteiger partial charge in [0.25, 0.3) is 0 Å². The summed E-state index contributed by atoms with van der Waals surface area (Å²) in [6.45, 7) is 0. The van der Waals surface area contributed by atoms with Crippen LogP contribution in [0.15, 0.2) is 11.4 Å². The predicted molar refractivity (Wildman–Crippen MR) is 40.9 cm³/mol. The predicted octanol–water partition coefficient (Wildman–Crippen LogP) is 2.58. The van der Waals surface area contributed by atoms with Crippen molar-refractivity contribution in [3.8, 4) is 0 Å². The molecule has 6 heteroatoms. The molecular weight excluding hydrogens is 210 g/mol. The molecule has 0 atom stereocenters. The fourth-order valence-electron chi connectivity index (χ4n) is 0.598. The Morgan fingerprint density at radius 2 is 2.25 bits per heavy atom. The molecule has 0 aliphatic rings. The van der Waals surface area contributed by atoms with Crippen LogP contribution in [0.4, 0.5) is 8.78 Å². The number of thiophene rings is 1. The maximum Gasteiger partial charge on any atom is 0.379 e. The first kappa shape index (κ1) is 9.41. The summed E-state index contributed by atoms with van der Waals surface area (Å²) in [5, 5.41) is 9.14. The Hall–Kier alpha value is -0.680. The standard InChI is InChI=1S/C6H3ClF2O2S/c7-4-1-3(2-12-4)6(8,9)5(10)11/h1-2H,(H,10,11). The fraction of sp³-hybridized carbons (Fsp3) is 0.167. The zero-order valence-electron chi connectivity index (χ0n) is 5.55. The van der Waals surface area contributed by atoms with Crippen LogP contribution in [0.25, 0.3) is 0 Å². The average Bonchev–Trinajstić information content (AvgIpc) is 2.35. The largest absolute Gasteiger partial charge is 0.477 e. The van der Waals surface area contributed by atoms with E-state index < -0.39 is 17.5 Å². The molecule has 66 valence electrons. The van der Waals surface area contributed by atoms with Crippen LogP contribution in [0.2, 0.25) is 4.34 Å². The van der Waals surface area contributed by atoms with Gasteiger partial charge >= 0.3 is 11.9 Å². The Morgan fingerprint density at radius 1 is 1.67 bits per heavy atom. The summed E-state index contributed by atoms with van der Waals surface area (Å²) in [6.07, 6.45) is 0. The highest BCUT2D eigenvalue weighted by atomic mass is 35.5. The van der Waals surface area contributed by atoms with Crippen molar-refractivity contribution in [1.82, 2.24) is 0 Å². The molecule has 0 radical (unpaired) electrons. The molecule has 0 amide bonds. The molecule has 0 saturated carbocycles. The van der Waals surface area contributed by atoms with Crippen molar-refractivity contribution in [3.63, 3.8) is 0 Å². The van der Waals surface area contributed by atoms with E-state index in [0.29, 0.717) is 0 Å².